The second-order valence-electron chi connectivity index (χ2n) is 5.31. The van der Waals surface area contributed by atoms with E-state index in [9.17, 15) is 19.1 Å². The third-order valence-corrected chi connectivity index (χ3v) is 5.48. The van der Waals surface area contributed by atoms with Gasteiger partial charge in [-0.25, -0.2) is 4.39 Å². The molecule has 1 N–H and O–H groups in total. The number of phenols is 1. The van der Waals surface area contributed by atoms with E-state index in [1.807, 2.05) is 0 Å². The van der Waals surface area contributed by atoms with E-state index in [1.54, 1.807) is 0 Å². The third-order valence-electron chi connectivity index (χ3n) is 3.58. The van der Waals surface area contributed by atoms with E-state index < -0.39 is 17.0 Å². The summed E-state index contributed by atoms with van der Waals surface area (Å²) < 4.78 is 13.0. The van der Waals surface area contributed by atoms with E-state index in [0.29, 0.717) is 5.56 Å². The smallest absolute Gasteiger partial charge is 0.293 e. The molecule has 9 heteroatoms. The molecule has 134 valence electrons. The lowest BCUT2D eigenvalue weighted by molar-refractivity contribution is -0.123. The molecule has 1 saturated heterocycles. The molecular weight excluding hydrogens is 424 g/mol. The Labute approximate surface area is 167 Å². The molecule has 1 aliphatic heterocycles. The molecule has 1 heterocycles. The number of thioether (sulfide) groups is 1. The number of imide groups is 1. The molecule has 0 radical (unpaired) electrons. The van der Waals surface area contributed by atoms with Crippen LogP contribution in [0.4, 0.5) is 9.18 Å². The van der Waals surface area contributed by atoms with Crippen molar-refractivity contribution >= 4 is 63.8 Å². The van der Waals surface area contributed by atoms with Gasteiger partial charge in [0.15, 0.2) is 5.75 Å². The zero-order valence-corrected chi connectivity index (χ0v) is 15.9. The number of benzene rings is 2. The van der Waals surface area contributed by atoms with Gasteiger partial charge in [0.25, 0.3) is 11.1 Å². The molecule has 4 nitrogen and oxygen atoms in total. The van der Waals surface area contributed by atoms with E-state index in [-0.39, 0.29) is 37.8 Å². The first-order valence-electron chi connectivity index (χ1n) is 7.14. The molecule has 0 spiro atoms. The van der Waals surface area contributed by atoms with Gasteiger partial charge in [-0.3, -0.25) is 14.5 Å². The maximum absolute atomic E-state index is 13.0. The van der Waals surface area contributed by atoms with Crippen molar-refractivity contribution in [3.8, 4) is 5.75 Å². The van der Waals surface area contributed by atoms with Crippen LogP contribution in [0.25, 0.3) is 6.08 Å². The highest BCUT2D eigenvalue weighted by molar-refractivity contribution is 8.18. The van der Waals surface area contributed by atoms with Crippen LogP contribution in [-0.2, 0) is 11.3 Å². The van der Waals surface area contributed by atoms with Gasteiger partial charge in [0.05, 0.1) is 26.5 Å². The van der Waals surface area contributed by atoms with Crippen LogP contribution in [0.5, 0.6) is 5.75 Å². The highest BCUT2D eigenvalue weighted by Crippen LogP contribution is 2.42. The van der Waals surface area contributed by atoms with Gasteiger partial charge in [-0.05, 0) is 41.6 Å². The zero-order valence-electron chi connectivity index (χ0n) is 12.8. The lowest BCUT2D eigenvalue weighted by Crippen LogP contribution is -2.27. The SMILES string of the molecule is O=C1S/C(=C\c2c(Cl)cc(Cl)c(O)c2Cl)C(=O)N1Cc1ccc(F)cc1. The highest BCUT2D eigenvalue weighted by atomic mass is 35.5. The van der Waals surface area contributed by atoms with Crippen molar-refractivity contribution in [3.63, 3.8) is 0 Å². The summed E-state index contributed by atoms with van der Waals surface area (Å²) in [6.07, 6.45) is 1.33. The fourth-order valence-electron chi connectivity index (χ4n) is 2.27. The normalized spacial score (nSPS) is 16.0. The zero-order chi connectivity index (χ0) is 19.0. The minimum absolute atomic E-state index is 0.00954. The lowest BCUT2D eigenvalue weighted by Gasteiger charge is -2.12. The van der Waals surface area contributed by atoms with Crippen LogP contribution in [0.3, 0.4) is 0 Å². The van der Waals surface area contributed by atoms with Crippen LogP contribution in [0.1, 0.15) is 11.1 Å². The molecule has 1 aliphatic rings. The summed E-state index contributed by atoms with van der Waals surface area (Å²) in [5.74, 6) is -1.31. The molecule has 3 rings (SSSR count). The molecule has 2 amide bonds. The van der Waals surface area contributed by atoms with Crippen molar-refractivity contribution in [2.24, 2.45) is 0 Å². The first-order valence-corrected chi connectivity index (χ1v) is 9.09. The second kappa shape index (κ2) is 7.48. The molecule has 0 aromatic heterocycles. The van der Waals surface area contributed by atoms with Gasteiger partial charge >= 0.3 is 0 Å². The number of hydrogen-bond donors (Lipinski definition) is 1. The standard InChI is InChI=1S/C17H9Cl3FNO3S/c18-11-6-12(19)15(23)14(20)10(11)5-13-16(24)22(17(25)26-13)7-8-1-3-9(21)4-2-8/h1-6,23H,7H2/b13-5-. The van der Waals surface area contributed by atoms with Crippen molar-refractivity contribution in [3.05, 3.63) is 67.2 Å². The predicted octanol–water partition coefficient (Wildman–Crippen LogP) is 5.73. The van der Waals surface area contributed by atoms with Gasteiger partial charge in [-0.1, -0.05) is 46.9 Å². The topological polar surface area (TPSA) is 57.6 Å². The Bertz CT molecular complexity index is 947. The van der Waals surface area contributed by atoms with Gasteiger partial charge < -0.3 is 5.11 Å². The van der Waals surface area contributed by atoms with Crippen molar-refractivity contribution < 1.29 is 19.1 Å². The van der Waals surface area contributed by atoms with Gasteiger partial charge in [0, 0.05) is 5.56 Å². The van der Waals surface area contributed by atoms with Gasteiger partial charge in [-0.2, -0.15) is 0 Å². The molecular formula is C17H9Cl3FNO3S. The number of rotatable bonds is 3. The fourth-order valence-corrected chi connectivity index (χ4v) is 3.96. The first kappa shape index (κ1) is 19.0. The van der Waals surface area contributed by atoms with Crippen LogP contribution >= 0.6 is 46.6 Å². The van der Waals surface area contributed by atoms with E-state index in [2.05, 4.69) is 0 Å². The van der Waals surface area contributed by atoms with Crippen molar-refractivity contribution in [2.75, 3.05) is 0 Å². The van der Waals surface area contributed by atoms with Crippen molar-refractivity contribution in [1.29, 1.82) is 0 Å². The Morgan fingerprint density at radius 2 is 1.77 bits per heavy atom. The number of halogens is 4. The maximum Gasteiger partial charge on any atom is 0.293 e. The second-order valence-corrected chi connectivity index (χ2v) is 7.50. The summed E-state index contributed by atoms with van der Waals surface area (Å²) in [6, 6.07) is 6.78. The Hall–Kier alpha value is -1.73. The molecule has 0 unspecified atom stereocenters. The number of aromatic hydroxyl groups is 1. The summed E-state index contributed by atoms with van der Waals surface area (Å²) >= 11 is 18.6. The Morgan fingerprint density at radius 3 is 2.42 bits per heavy atom. The lowest BCUT2D eigenvalue weighted by atomic mass is 10.1. The third kappa shape index (κ3) is 3.69. The summed E-state index contributed by atoms with van der Waals surface area (Å²) in [5, 5.41) is 9.33. The van der Waals surface area contributed by atoms with E-state index >= 15 is 0 Å². The summed E-state index contributed by atoms with van der Waals surface area (Å²) in [5.41, 5.74) is 0.790. The Morgan fingerprint density at radius 1 is 1.12 bits per heavy atom. The van der Waals surface area contributed by atoms with Gasteiger partial charge in [0.2, 0.25) is 0 Å². The predicted molar refractivity (Wildman–Crippen MR) is 101 cm³/mol. The fraction of sp³-hybridized carbons (Fsp3) is 0.0588. The minimum atomic E-state index is -0.536. The van der Waals surface area contributed by atoms with Crippen molar-refractivity contribution in [2.45, 2.75) is 6.54 Å². The number of phenolic OH excluding ortho intramolecular Hbond substituents is 1. The molecule has 2 aromatic carbocycles. The molecule has 0 atom stereocenters. The largest absolute Gasteiger partial charge is 0.505 e. The molecule has 0 aliphatic carbocycles. The molecule has 0 bridgehead atoms. The number of carbonyl (C=O) groups excluding carboxylic acids is 2. The Kier molecular flexibility index (Phi) is 5.48. The van der Waals surface area contributed by atoms with Crippen LogP contribution < -0.4 is 0 Å². The van der Waals surface area contributed by atoms with Crippen molar-refractivity contribution in [1.82, 2.24) is 4.90 Å². The van der Waals surface area contributed by atoms with Gasteiger partial charge in [0.1, 0.15) is 5.82 Å². The maximum atomic E-state index is 13.0. The number of hydrogen-bond acceptors (Lipinski definition) is 4. The quantitative estimate of drug-likeness (QED) is 0.629. The van der Waals surface area contributed by atoms with Crippen LogP contribution in [-0.4, -0.2) is 21.2 Å². The van der Waals surface area contributed by atoms with Crippen LogP contribution in [0, 0.1) is 5.82 Å². The number of nitrogens with zero attached hydrogens (tertiary/aromatic N) is 1. The number of carbonyl (C=O) groups is 2. The molecule has 0 saturated carbocycles. The minimum Gasteiger partial charge on any atom is -0.505 e. The van der Waals surface area contributed by atoms with Gasteiger partial charge in [-0.15, -0.1) is 0 Å². The van der Waals surface area contributed by atoms with E-state index in [0.717, 1.165) is 16.7 Å². The Balaban J connectivity index is 1.90. The van der Waals surface area contributed by atoms with Crippen LogP contribution in [0.2, 0.25) is 15.1 Å². The molecule has 2 aromatic rings. The number of amides is 2. The average molecular weight is 433 g/mol. The molecule has 1 fully saturated rings. The molecule has 26 heavy (non-hydrogen) atoms. The van der Waals surface area contributed by atoms with Crippen LogP contribution in [0.15, 0.2) is 35.2 Å². The highest BCUT2D eigenvalue weighted by Gasteiger charge is 2.35. The summed E-state index contributed by atoms with van der Waals surface area (Å²) in [6.45, 7) is 0.00954. The van der Waals surface area contributed by atoms with E-state index in [1.165, 1.54) is 36.4 Å². The summed E-state index contributed by atoms with van der Waals surface area (Å²) in [4.78, 5) is 25.8. The average Bonchev–Trinajstić information content (AvgIpc) is 2.86. The van der Waals surface area contributed by atoms with E-state index in [4.69, 9.17) is 34.8 Å². The monoisotopic (exact) mass is 431 g/mol. The first-order chi connectivity index (χ1) is 12.3. The summed E-state index contributed by atoms with van der Waals surface area (Å²) in [7, 11) is 0.